The van der Waals surface area contributed by atoms with Gasteiger partial charge in [0.15, 0.2) is 0 Å². The number of hydrogen-bond acceptors (Lipinski definition) is 3. The zero-order chi connectivity index (χ0) is 12.5. The maximum absolute atomic E-state index is 12.8. The van der Waals surface area contributed by atoms with Gasteiger partial charge < -0.3 is 4.90 Å². The molecule has 3 nitrogen and oxygen atoms in total. The molecule has 2 heterocycles. The molecule has 0 aromatic carbocycles. The highest BCUT2D eigenvalue weighted by atomic mass is 19.4. The van der Waals surface area contributed by atoms with Crippen molar-refractivity contribution in [3.63, 3.8) is 0 Å². The van der Waals surface area contributed by atoms with Gasteiger partial charge in [0.2, 0.25) is 0 Å². The second-order valence-corrected chi connectivity index (χ2v) is 4.11. The monoisotopic (exact) mass is 245 g/mol. The first-order chi connectivity index (χ1) is 8.02. The van der Waals surface area contributed by atoms with E-state index in [1.807, 2.05) is 6.92 Å². The summed E-state index contributed by atoms with van der Waals surface area (Å²) in [5, 5.41) is 0. The summed E-state index contributed by atoms with van der Waals surface area (Å²) in [6, 6.07) is -1.41. The molecule has 1 atom stereocenters. The summed E-state index contributed by atoms with van der Waals surface area (Å²) in [7, 11) is 0. The Morgan fingerprint density at radius 3 is 2.65 bits per heavy atom. The molecule has 1 aromatic rings. The third-order valence-electron chi connectivity index (χ3n) is 2.98. The minimum absolute atomic E-state index is 0.140. The van der Waals surface area contributed by atoms with Crippen molar-refractivity contribution >= 4 is 5.82 Å². The number of nitrogens with zero attached hydrogens (tertiary/aromatic N) is 3. The lowest BCUT2D eigenvalue weighted by Gasteiger charge is -2.27. The Hall–Kier alpha value is -1.33. The molecule has 1 unspecified atom stereocenters. The molecule has 0 saturated carbocycles. The Morgan fingerprint density at radius 2 is 2.12 bits per heavy atom. The van der Waals surface area contributed by atoms with E-state index in [0.29, 0.717) is 18.8 Å². The number of hydrogen-bond donors (Lipinski definition) is 0. The quantitative estimate of drug-likeness (QED) is 0.801. The van der Waals surface area contributed by atoms with Gasteiger partial charge in [-0.1, -0.05) is 6.92 Å². The zero-order valence-electron chi connectivity index (χ0n) is 9.54. The first kappa shape index (κ1) is 12.1. The number of aryl methyl sites for hydroxylation is 1. The highest BCUT2D eigenvalue weighted by Crippen LogP contribution is 2.34. The van der Waals surface area contributed by atoms with Crippen molar-refractivity contribution in [3.8, 4) is 0 Å². The fourth-order valence-corrected chi connectivity index (χ4v) is 2.06. The van der Waals surface area contributed by atoms with Gasteiger partial charge in [0.25, 0.3) is 0 Å². The van der Waals surface area contributed by atoms with Crippen LogP contribution in [0.5, 0.6) is 0 Å². The van der Waals surface area contributed by atoms with Crippen molar-refractivity contribution in [2.45, 2.75) is 38.4 Å². The molecule has 0 bridgehead atoms. The average molecular weight is 245 g/mol. The summed E-state index contributed by atoms with van der Waals surface area (Å²) < 4.78 is 38.3. The molecule has 1 saturated heterocycles. The Labute approximate surface area is 97.7 Å². The number of halogens is 3. The maximum atomic E-state index is 12.8. The van der Waals surface area contributed by atoms with E-state index in [0.717, 1.165) is 12.1 Å². The third kappa shape index (κ3) is 2.50. The van der Waals surface area contributed by atoms with Crippen molar-refractivity contribution < 1.29 is 13.2 Å². The Morgan fingerprint density at radius 1 is 1.35 bits per heavy atom. The molecule has 0 amide bonds. The molecule has 0 radical (unpaired) electrons. The van der Waals surface area contributed by atoms with Crippen LogP contribution in [-0.4, -0.2) is 28.7 Å². The third-order valence-corrected chi connectivity index (χ3v) is 2.98. The Bertz CT molecular complexity index is 375. The van der Waals surface area contributed by atoms with E-state index in [4.69, 9.17) is 0 Å². The molecular formula is C11H14F3N3. The standard InChI is InChI=1S/C11H14F3N3/c1-2-8-6-16-10(7-15-8)17-5-3-4-9(17)11(12,13)14/h6-7,9H,2-5H2,1H3. The van der Waals surface area contributed by atoms with Crippen LogP contribution in [-0.2, 0) is 6.42 Å². The SMILES string of the molecule is CCc1cnc(N2CCCC2C(F)(F)F)cn1. The van der Waals surface area contributed by atoms with Gasteiger partial charge in [0, 0.05) is 6.54 Å². The first-order valence-corrected chi connectivity index (χ1v) is 5.66. The van der Waals surface area contributed by atoms with E-state index in [1.54, 1.807) is 6.20 Å². The van der Waals surface area contributed by atoms with Gasteiger partial charge in [0.05, 0.1) is 18.1 Å². The van der Waals surface area contributed by atoms with Gasteiger partial charge in [-0.3, -0.25) is 4.98 Å². The van der Waals surface area contributed by atoms with E-state index in [9.17, 15) is 13.2 Å². The molecule has 1 aliphatic rings. The second-order valence-electron chi connectivity index (χ2n) is 4.11. The molecule has 0 spiro atoms. The lowest BCUT2D eigenvalue weighted by atomic mass is 10.2. The van der Waals surface area contributed by atoms with Crippen LogP contribution in [0.1, 0.15) is 25.5 Å². The number of alkyl halides is 3. The van der Waals surface area contributed by atoms with Crippen LogP contribution in [0.3, 0.4) is 0 Å². The highest BCUT2D eigenvalue weighted by molar-refractivity contribution is 5.39. The summed E-state index contributed by atoms with van der Waals surface area (Å²) in [5.74, 6) is 0.321. The predicted octanol–water partition coefficient (Wildman–Crippen LogP) is 2.57. The minimum Gasteiger partial charge on any atom is -0.343 e. The summed E-state index contributed by atoms with van der Waals surface area (Å²) in [4.78, 5) is 9.44. The number of aromatic nitrogens is 2. The molecule has 2 rings (SSSR count). The van der Waals surface area contributed by atoms with Gasteiger partial charge in [0.1, 0.15) is 11.9 Å². The smallest absolute Gasteiger partial charge is 0.343 e. The lowest BCUT2D eigenvalue weighted by molar-refractivity contribution is -0.146. The van der Waals surface area contributed by atoms with Crippen LogP contribution < -0.4 is 4.90 Å². The van der Waals surface area contributed by atoms with Crippen molar-refractivity contribution in [2.24, 2.45) is 0 Å². The summed E-state index contributed by atoms with van der Waals surface area (Å²) in [5.41, 5.74) is 0.788. The van der Waals surface area contributed by atoms with E-state index in [-0.39, 0.29) is 6.42 Å². The van der Waals surface area contributed by atoms with Crippen LogP contribution in [0, 0.1) is 0 Å². The van der Waals surface area contributed by atoms with Crippen molar-refractivity contribution in [3.05, 3.63) is 18.1 Å². The Kier molecular flexibility index (Phi) is 3.22. The fraction of sp³-hybridized carbons (Fsp3) is 0.636. The summed E-state index contributed by atoms with van der Waals surface area (Å²) >= 11 is 0. The van der Waals surface area contributed by atoms with Crippen molar-refractivity contribution in [1.82, 2.24) is 9.97 Å². The Balaban J connectivity index is 2.20. The number of anilines is 1. The predicted molar refractivity (Wildman–Crippen MR) is 57.8 cm³/mol. The molecule has 1 aromatic heterocycles. The van der Waals surface area contributed by atoms with Crippen LogP contribution in [0.25, 0.3) is 0 Å². The zero-order valence-corrected chi connectivity index (χ0v) is 9.54. The van der Waals surface area contributed by atoms with E-state index in [1.165, 1.54) is 11.1 Å². The molecule has 0 N–H and O–H groups in total. The molecule has 94 valence electrons. The van der Waals surface area contributed by atoms with E-state index < -0.39 is 12.2 Å². The lowest BCUT2D eigenvalue weighted by Crippen LogP contribution is -2.41. The normalized spacial score (nSPS) is 20.9. The van der Waals surface area contributed by atoms with Gasteiger partial charge >= 0.3 is 6.18 Å². The van der Waals surface area contributed by atoms with Crippen molar-refractivity contribution in [2.75, 3.05) is 11.4 Å². The van der Waals surface area contributed by atoms with Crippen LogP contribution >= 0.6 is 0 Å². The highest BCUT2D eigenvalue weighted by Gasteiger charge is 2.46. The maximum Gasteiger partial charge on any atom is 0.408 e. The molecule has 0 aliphatic carbocycles. The minimum atomic E-state index is -4.19. The fourth-order valence-electron chi connectivity index (χ4n) is 2.06. The molecule has 1 aliphatic heterocycles. The van der Waals surface area contributed by atoms with E-state index >= 15 is 0 Å². The second kappa shape index (κ2) is 4.50. The largest absolute Gasteiger partial charge is 0.408 e. The molecule has 1 fully saturated rings. The van der Waals surface area contributed by atoms with Crippen LogP contribution in [0.15, 0.2) is 12.4 Å². The van der Waals surface area contributed by atoms with Gasteiger partial charge in [-0.05, 0) is 19.3 Å². The van der Waals surface area contributed by atoms with Gasteiger partial charge in [-0.25, -0.2) is 4.98 Å². The van der Waals surface area contributed by atoms with E-state index in [2.05, 4.69) is 9.97 Å². The summed E-state index contributed by atoms with van der Waals surface area (Å²) in [6.07, 6.45) is 0.198. The van der Waals surface area contributed by atoms with Crippen LogP contribution in [0.2, 0.25) is 0 Å². The van der Waals surface area contributed by atoms with Crippen LogP contribution in [0.4, 0.5) is 19.0 Å². The first-order valence-electron chi connectivity index (χ1n) is 5.66. The average Bonchev–Trinajstić information content (AvgIpc) is 2.78. The molecule has 6 heteroatoms. The van der Waals surface area contributed by atoms with Crippen molar-refractivity contribution in [1.29, 1.82) is 0 Å². The number of rotatable bonds is 2. The molecular weight excluding hydrogens is 231 g/mol. The van der Waals surface area contributed by atoms with Gasteiger partial charge in [-0.2, -0.15) is 13.2 Å². The summed E-state index contributed by atoms with van der Waals surface area (Å²) in [6.45, 7) is 2.32. The molecule has 17 heavy (non-hydrogen) atoms. The topological polar surface area (TPSA) is 29.0 Å². The van der Waals surface area contributed by atoms with Gasteiger partial charge in [-0.15, -0.1) is 0 Å².